The molecule has 24 heavy (non-hydrogen) atoms. The van der Waals surface area contributed by atoms with E-state index in [1.54, 1.807) is 6.20 Å². The summed E-state index contributed by atoms with van der Waals surface area (Å²) in [5, 5.41) is 2.51. The van der Waals surface area contributed by atoms with Crippen molar-refractivity contribution in [2.75, 3.05) is 39.3 Å². The lowest BCUT2D eigenvalue weighted by Gasteiger charge is -2.36. The number of ketones is 1. The maximum absolute atomic E-state index is 12.0. The number of thiazole rings is 1. The van der Waals surface area contributed by atoms with Gasteiger partial charge < -0.3 is 9.80 Å². The van der Waals surface area contributed by atoms with Gasteiger partial charge in [0.1, 0.15) is 0 Å². The van der Waals surface area contributed by atoms with Gasteiger partial charge in [-0.2, -0.15) is 0 Å². The molecule has 2 heterocycles. The molecule has 4 nitrogen and oxygen atoms in total. The second-order valence-corrected chi connectivity index (χ2v) is 6.86. The van der Waals surface area contributed by atoms with E-state index < -0.39 is 0 Å². The molecule has 0 amide bonds. The van der Waals surface area contributed by atoms with Gasteiger partial charge in [0.15, 0.2) is 10.8 Å². The van der Waals surface area contributed by atoms with E-state index in [0.717, 1.165) is 39.3 Å². The number of hydrogen-bond acceptors (Lipinski definition) is 5. The molecule has 0 aromatic carbocycles. The predicted octanol–water partition coefficient (Wildman–Crippen LogP) is 3.49. The van der Waals surface area contributed by atoms with E-state index in [0.29, 0.717) is 17.3 Å². The first-order chi connectivity index (χ1) is 11.8. The van der Waals surface area contributed by atoms with Gasteiger partial charge in [-0.3, -0.25) is 4.79 Å². The largest absolute Gasteiger partial charge is 0.300 e. The molecule has 0 radical (unpaired) electrons. The maximum atomic E-state index is 12.0. The van der Waals surface area contributed by atoms with Crippen LogP contribution in [0.3, 0.4) is 0 Å². The molecule has 1 aliphatic carbocycles. The van der Waals surface area contributed by atoms with Gasteiger partial charge in [-0.25, -0.2) is 4.98 Å². The third-order valence-electron chi connectivity index (χ3n) is 4.35. The zero-order chi connectivity index (χ0) is 17.2. The molecule has 1 fully saturated rings. The van der Waals surface area contributed by atoms with Gasteiger partial charge in [0.25, 0.3) is 0 Å². The molecule has 1 aromatic rings. The Bertz CT molecular complexity index is 531. The molecular formula is C19H29N3OS. The summed E-state index contributed by atoms with van der Waals surface area (Å²) in [6.07, 6.45) is 12.3. The quantitative estimate of drug-likeness (QED) is 0.738. The maximum Gasteiger partial charge on any atom is 0.192 e. The minimum absolute atomic E-state index is 0.177. The van der Waals surface area contributed by atoms with Crippen molar-refractivity contribution in [3.8, 4) is 0 Å². The summed E-state index contributed by atoms with van der Waals surface area (Å²) < 4.78 is 0. The molecule has 3 rings (SSSR count). The van der Waals surface area contributed by atoms with Crippen LogP contribution in [-0.2, 0) is 0 Å². The number of allylic oxidation sites excluding steroid dienone is 3. The van der Waals surface area contributed by atoms with Crippen LogP contribution in [0.25, 0.3) is 0 Å². The summed E-state index contributed by atoms with van der Waals surface area (Å²) in [4.78, 5) is 21.0. The van der Waals surface area contributed by atoms with Gasteiger partial charge in [0.05, 0.1) is 0 Å². The second kappa shape index (κ2) is 10.5. The van der Waals surface area contributed by atoms with Crippen molar-refractivity contribution >= 4 is 17.1 Å². The van der Waals surface area contributed by atoms with E-state index in [1.165, 1.54) is 17.8 Å². The van der Waals surface area contributed by atoms with Gasteiger partial charge in [0.2, 0.25) is 0 Å². The number of aromatic nitrogens is 1. The Balaban J connectivity index is 0.00000100. The molecule has 1 aromatic heterocycles. The molecular weight excluding hydrogens is 318 g/mol. The second-order valence-electron chi connectivity index (χ2n) is 5.96. The van der Waals surface area contributed by atoms with E-state index in [9.17, 15) is 4.79 Å². The van der Waals surface area contributed by atoms with Crippen molar-refractivity contribution < 1.29 is 4.79 Å². The zero-order valence-electron chi connectivity index (χ0n) is 14.9. The highest BCUT2D eigenvalue weighted by molar-refractivity contribution is 7.11. The molecule has 0 N–H and O–H groups in total. The van der Waals surface area contributed by atoms with Crippen molar-refractivity contribution in [2.45, 2.75) is 26.7 Å². The van der Waals surface area contributed by atoms with Crippen molar-refractivity contribution in [3.05, 3.63) is 40.9 Å². The third-order valence-corrected chi connectivity index (χ3v) is 5.17. The van der Waals surface area contributed by atoms with Crippen molar-refractivity contribution in [3.63, 3.8) is 0 Å². The Morgan fingerprint density at radius 3 is 2.58 bits per heavy atom. The first-order valence-electron chi connectivity index (χ1n) is 9.02. The van der Waals surface area contributed by atoms with Crippen LogP contribution in [0.5, 0.6) is 0 Å². The molecule has 0 bridgehead atoms. The lowest BCUT2D eigenvalue weighted by atomic mass is 10.00. The van der Waals surface area contributed by atoms with Crippen LogP contribution >= 0.6 is 11.3 Å². The summed E-state index contributed by atoms with van der Waals surface area (Å²) in [6, 6.07) is 0. The van der Waals surface area contributed by atoms with Crippen LogP contribution < -0.4 is 0 Å². The minimum Gasteiger partial charge on any atom is -0.300 e. The highest BCUT2D eigenvalue weighted by atomic mass is 32.1. The lowest BCUT2D eigenvalue weighted by molar-refractivity contribution is 0.0919. The first-order valence-corrected chi connectivity index (χ1v) is 9.90. The zero-order valence-corrected chi connectivity index (χ0v) is 15.7. The third kappa shape index (κ3) is 5.96. The smallest absolute Gasteiger partial charge is 0.192 e. The molecule has 1 atom stereocenters. The molecule has 0 spiro atoms. The number of carbonyl (C=O) groups excluding carboxylic acids is 1. The average molecular weight is 348 g/mol. The van der Waals surface area contributed by atoms with Gasteiger partial charge >= 0.3 is 0 Å². The van der Waals surface area contributed by atoms with Crippen LogP contribution in [0.1, 0.15) is 36.5 Å². The number of Topliss-reactive ketones (excluding diaryl/α,β-unsaturated/α-hetero) is 1. The Kier molecular flexibility index (Phi) is 8.36. The molecule has 5 heteroatoms. The highest BCUT2D eigenvalue weighted by Crippen LogP contribution is 2.15. The predicted molar refractivity (Wildman–Crippen MR) is 102 cm³/mol. The Labute approximate surface area is 149 Å². The summed E-state index contributed by atoms with van der Waals surface area (Å²) in [5.41, 5.74) is 0. The average Bonchev–Trinajstić information content (AvgIpc) is 3.18. The molecule has 1 saturated heterocycles. The molecule has 0 unspecified atom stereocenters. The molecule has 2 aliphatic rings. The Hall–Kier alpha value is -1.30. The van der Waals surface area contributed by atoms with E-state index in [1.807, 2.05) is 19.2 Å². The van der Waals surface area contributed by atoms with E-state index in [-0.39, 0.29) is 5.78 Å². The van der Waals surface area contributed by atoms with Crippen molar-refractivity contribution in [1.29, 1.82) is 0 Å². The van der Waals surface area contributed by atoms with Gasteiger partial charge in [-0.05, 0) is 12.3 Å². The summed E-state index contributed by atoms with van der Waals surface area (Å²) in [7, 11) is 0. The number of carbonyl (C=O) groups is 1. The Morgan fingerprint density at radius 2 is 1.96 bits per heavy atom. The highest BCUT2D eigenvalue weighted by Gasteiger charge is 2.20. The van der Waals surface area contributed by atoms with E-state index in [2.05, 4.69) is 39.1 Å². The fourth-order valence-corrected chi connectivity index (χ4v) is 3.63. The molecule has 1 aliphatic heterocycles. The fourth-order valence-electron chi connectivity index (χ4n) is 3.02. The molecule has 132 valence electrons. The summed E-state index contributed by atoms with van der Waals surface area (Å²) >= 11 is 1.44. The fraction of sp³-hybridized carbons (Fsp3) is 0.579. The van der Waals surface area contributed by atoms with Crippen molar-refractivity contribution in [1.82, 2.24) is 14.8 Å². The first kappa shape index (κ1) is 19.0. The minimum atomic E-state index is 0.177. The summed E-state index contributed by atoms with van der Waals surface area (Å²) in [6.45, 7) is 10.4. The number of rotatable bonds is 6. The van der Waals surface area contributed by atoms with Gasteiger partial charge in [-0.1, -0.05) is 38.2 Å². The SMILES string of the molecule is CC.O=C(CCN1CCN(C[C@H]2C=CC=CC2)CC1)c1nccs1. The van der Waals surface area contributed by atoms with Crippen LogP contribution in [0.4, 0.5) is 0 Å². The van der Waals surface area contributed by atoms with Crippen LogP contribution in [0, 0.1) is 5.92 Å². The Morgan fingerprint density at radius 1 is 1.21 bits per heavy atom. The van der Waals surface area contributed by atoms with E-state index in [4.69, 9.17) is 0 Å². The van der Waals surface area contributed by atoms with Gasteiger partial charge in [0, 0.05) is 57.3 Å². The van der Waals surface area contributed by atoms with Crippen LogP contribution in [0.2, 0.25) is 0 Å². The van der Waals surface area contributed by atoms with Crippen molar-refractivity contribution in [2.24, 2.45) is 5.92 Å². The molecule has 0 saturated carbocycles. The lowest BCUT2D eigenvalue weighted by Crippen LogP contribution is -2.48. The standard InChI is InChI=1S/C17H23N3OS.C2H6/c21-16(17-18-7-13-22-17)6-8-19-9-11-20(12-10-19)14-15-4-2-1-3-5-15;1-2/h1-4,7,13,15H,5-6,8-12,14H2;1-2H3/t15-;/m0./s1. The topological polar surface area (TPSA) is 36.4 Å². The van der Waals surface area contributed by atoms with Crippen LogP contribution in [0.15, 0.2) is 35.9 Å². The van der Waals surface area contributed by atoms with E-state index >= 15 is 0 Å². The van der Waals surface area contributed by atoms with Gasteiger partial charge in [-0.15, -0.1) is 11.3 Å². The number of nitrogens with zero attached hydrogens (tertiary/aromatic N) is 3. The monoisotopic (exact) mass is 347 g/mol. The number of hydrogen-bond donors (Lipinski definition) is 0. The van der Waals surface area contributed by atoms with Crippen LogP contribution in [-0.4, -0.2) is 59.8 Å². The number of piperazine rings is 1. The normalized spacial score (nSPS) is 21.3. The summed E-state index contributed by atoms with van der Waals surface area (Å²) in [5.74, 6) is 0.847.